The van der Waals surface area contributed by atoms with Crippen LogP contribution in [0.3, 0.4) is 0 Å². The molecule has 1 fully saturated rings. The highest BCUT2D eigenvalue weighted by Crippen LogP contribution is 2.30. The zero-order valence-corrected chi connectivity index (χ0v) is 15.9. The molecular weight excluding hydrogens is 372 g/mol. The fourth-order valence-electron chi connectivity index (χ4n) is 3.04. The summed E-state index contributed by atoms with van der Waals surface area (Å²) in [5.74, 6) is -0.205. The third-order valence-corrected chi connectivity index (χ3v) is 6.53. The summed E-state index contributed by atoms with van der Waals surface area (Å²) in [6, 6.07) is 14.8. The highest BCUT2D eigenvalue weighted by molar-refractivity contribution is 7.92. The molecule has 2 aromatic rings. The van der Waals surface area contributed by atoms with E-state index >= 15 is 0 Å². The molecule has 1 aliphatic heterocycles. The lowest BCUT2D eigenvalue weighted by Crippen LogP contribution is -2.45. The maximum absolute atomic E-state index is 13.2. The van der Waals surface area contributed by atoms with E-state index in [4.69, 9.17) is 11.6 Å². The standard InChI is InChI=1S/C19H21ClN2O3S/c20-17-11-5-6-12-18(17)22(15-19(23)21-13-7-2-8-14-21)26(24,25)16-9-3-1-4-10-16/h1,3-6,9-12H,2,7-8,13-15H2. The van der Waals surface area contributed by atoms with Crippen LogP contribution in [-0.2, 0) is 14.8 Å². The van der Waals surface area contributed by atoms with Crippen molar-refractivity contribution < 1.29 is 13.2 Å². The minimum atomic E-state index is -3.91. The molecule has 0 spiro atoms. The molecule has 0 saturated carbocycles. The van der Waals surface area contributed by atoms with Gasteiger partial charge in [-0.05, 0) is 43.5 Å². The largest absolute Gasteiger partial charge is 0.341 e. The van der Waals surface area contributed by atoms with Crippen LogP contribution in [0.4, 0.5) is 5.69 Å². The quantitative estimate of drug-likeness (QED) is 0.781. The van der Waals surface area contributed by atoms with Crippen LogP contribution in [0, 0.1) is 0 Å². The molecule has 26 heavy (non-hydrogen) atoms. The molecule has 0 atom stereocenters. The van der Waals surface area contributed by atoms with Gasteiger partial charge in [0, 0.05) is 13.1 Å². The van der Waals surface area contributed by atoms with Crippen LogP contribution in [0.1, 0.15) is 19.3 Å². The molecule has 2 aromatic carbocycles. The molecule has 1 heterocycles. The molecule has 0 bridgehead atoms. The average molecular weight is 393 g/mol. The number of anilines is 1. The summed E-state index contributed by atoms with van der Waals surface area (Å²) in [6.45, 7) is 1.07. The van der Waals surface area contributed by atoms with E-state index in [2.05, 4.69) is 0 Å². The summed E-state index contributed by atoms with van der Waals surface area (Å²) in [4.78, 5) is 14.6. The first-order valence-corrected chi connectivity index (χ1v) is 10.4. The maximum atomic E-state index is 13.2. The summed E-state index contributed by atoms with van der Waals surface area (Å²) in [5, 5.41) is 0.290. The van der Waals surface area contributed by atoms with Crippen molar-refractivity contribution in [3.8, 4) is 0 Å². The number of piperidine rings is 1. The van der Waals surface area contributed by atoms with Gasteiger partial charge in [0.05, 0.1) is 15.6 Å². The molecule has 0 N–H and O–H groups in total. The number of carbonyl (C=O) groups is 1. The van der Waals surface area contributed by atoms with Gasteiger partial charge in [-0.15, -0.1) is 0 Å². The number of rotatable bonds is 5. The van der Waals surface area contributed by atoms with E-state index in [-0.39, 0.29) is 17.3 Å². The summed E-state index contributed by atoms with van der Waals surface area (Å²) in [5.41, 5.74) is 0.309. The fourth-order valence-corrected chi connectivity index (χ4v) is 4.78. The minimum absolute atomic E-state index is 0.131. The number of carbonyl (C=O) groups excluding carboxylic acids is 1. The van der Waals surface area contributed by atoms with Crippen molar-refractivity contribution in [2.45, 2.75) is 24.2 Å². The first-order valence-electron chi connectivity index (χ1n) is 8.60. The van der Waals surface area contributed by atoms with E-state index in [1.54, 1.807) is 47.4 Å². The first kappa shape index (κ1) is 18.7. The van der Waals surface area contributed by atoms with Gasteiger partial charge in [0.25, 0.3) is 10.0 Å². The smallest absolute Gasteiger partial charge is 0.264 e. The minimum Gasteiger partial charge on any atom is -0.341 e. The molecule has 0 aliphatic carbocycles. The predicted octanol–water partition coefficient (Wildman–Crippen LogP) is 3.55. The van der Waals surface area contributed by atoms with Crippen LogP contribution in [0.15, 0.2) is 59.5 Å². The van der Waals surface area contributed by atoms with E-state index < -0.39 is 10.0 Å². The second-order valence-corrected chi connectivity index (χ2v) is 8.49. The van der Waals surface area contributed by atoms with Crippen molar-refractivity contribution >= 4 is 33.2 Å². The summed E-state index contributed by atoms with van der Waals surface area (Å²) >= 11 is 6.25. The van der Waals surface area contributed by atoms with Crippen molar-refractivity contribution in [1.82, 2.24) is 4.90 Å². The van der Waals surface area contributed by atoms with Gasteiger partial charge in [0.1, 0.15) is 6.54 Å². The van der Waals surface area contributed by atoms with Gasteiger partial charge < -0.3 is 4.90 Å². The Bertz CT molecular complexity index is 865. The number of halogens is 1. The predicted molar refractivity (Wildman–Crippen MR) is 103 cm³/mol. The number of hydrogen-bond donors (Lipinski definition) is 0. The SMILES string of the molecule is O=C(CN(c1ccccc1Cl)S(=O)(=O)c1ccccc1)N1CCCCC1. The van der Waals surface area contributed by atoms with E-state index in [0.717, 1.165) is 23.6 Å². The Kier molecular flexibility index (Phi) is 5.84. The van der Waals surface area contributed by atoms with Gasteiger partial charge in [-0.2, -0.15) is 0 Å². The lowest BCUT2D eigenvalue weighted by atomic mass is 10.1. The second-order valence-electron chi connectivity index (χ2n) is 6.22. The second kappa shape index (κ2) is 8.10. The van der Waals surface area contributed by atoms with E-state index in [1.165, 1.54) is 12.1 Å². The lowest BCUT2D eigenvalue weighted by molar-refractivity contribution is -0.130. The van der Waals surface area contributed by atoms with Gasteiger partial charge in [-0.3, -0.25) is 9.10 Å². The Morgan fingerprint density at radius 1 is 0.962 bits per heavy atom. The Balaban J connectivity index is 1.97. The van der Waals surface area contributed by atoms with E-state index in [0.29, 0.717) is 23.8 Å². The van der Waals surface area contributed by atoms with Crippen LogP contribution in [0.25, 0.3) is 0 Å². The van der Waals surface area contributed by atoms with Crippen molar-refractivity contribution in [3.05, 3.63) is 59.6 Å². The first-order chi connectivity index (χ1) is 12.5. The van der Waals surface area contributed by atoms with Crippen LogP contribution in [-0.4, -0.2) is 38.9 Å². The number of benzene rings is 2. The molecular formula is C19H21ClN2O3S. The van der Waals surface area contributed by atoms with E-state index in [1.807, 2.05) is 0 Å². The average Bonchev–Trinajstić information content (AvgIpc) is 2.68. The summed E-state index contributed by atoms with van der Waals surface area (Å²) in [7, 11) is -3.91. The Labute approximate surface area is 159 Å². The van der Waals surface area contributed by atoms with Gasteiger partial charge in [0.15, 0.2) is 0 Å². The molecule has 0 radical (unpaired) electrons. The Morgan fingerprint density at radius 3 is 2.23 bits per heavy atom. The monoisotopic (exact) mass is 392 g/mol. The van der Waals surface area contributed by atoms with Gasteiger partial charge in [-0.25, -0.2) is 8.42 Å². The maximum Gasteiger partial charge on any atom is 0.264 e. The third-order valence-electron chi connectivity index (χ3n) is 4.44. The molecule has 0 aromatic heterocycles. The normalized spacial score (nSPS) is 14.9. The zero-order chi connectivity index (χ0) is 18.6. The molecule has 138 valence electrons. The zero-order valence-electron chi connectivity index (χ0n) is 14.3. The molecule has 3 rings (SSSR count). The summed E-state index contributed by atoms with van der Waals surface area (Å²) in [6.07, 6.45) is 2.99. The molecule has 5 nitrogen and oxygen atoms in total. The van der Waals surface area contributed by atoms with Crippen LogP contribution in [0.2, 0.25) is 5.02 Å². The number of sulfonamides is 1. The number of para-hydroxylation sites is 1. The molecule has 1 saturated heterocycles. The van der Waals surface area contributed by atoms with E-state index in [9.17, 15) is 13.2 Å². The van der Waals surface area contributed by atoms with Crippen LogP contribution >= 0.6 is 11.6 Å². The van der Waals surface area contributed by atoms with Gasteiger partial charge >= 0.3 is 0 Å². The highest BCUT2D eigenvalue weighted by atomic mass is 35.5. The van der Waals surface area contributed by atoms with Crippen molar-refractivity contribution in [1.29, 1.82) is 0 Å². The molecule has 7 heteroatoms. The molecule has 0 unspecified atom stereocenters. The van der Waals surface area contributed by atoms with Crippen molar-refractivity contribution in [3.63, 3.8) is 0 Å². The summed E-state index contributed by atoms with van der Waals surface area (Å²) < 4.78 is 27.5. The Morgan fingerprint density at radius 2 is 1.58 bits per heavy atom. The van der Waals surface area contributed by atoms with Gasteiger partial charge in [0.2, 0.25) is 5.91 Å². The molecule has 1 amide bonds. The number of amides is 1. The highest BCUT2D eigenvalue weighted by Gasteiger charge is 2.30. The topological polar surface area (TPSA) is 57.7 Å². The number of nitrogens with zero attached hydrogens (tertiary/aromatic N) is 2. The van der Waals surface area contributed by atoms with Crippen LogP contribution < -0.4 is 4.31 Å². The number of likely N-dealkylation sites (tertiary alicyclic amines) is 1. The number of hydrogen-bond acceptors (Lipinski definition) is 3. The van der Waals surface area contributed by atoms with Crippen LogP contribution in [0.5, 0.6) is 0 Å². The molecule has 1 aliphatic rings. The third kappa shape index (κ3) is 4.02. The lowest BCUT2D eigenvalue weighted by Gasteiger charge is -2.31. The fraction of sp³-hybridized carbons (Fsp3) is 0.316. The van der Waals surface area contributed by atoms with Gasteiger partial charge in [-0.1, -0.05) is 41.9 Å². The van der Waals surface area contributed by atoms with Crippen molar-refractivity contribution in [2.75, 3.05) is 23.9 Å². The van der Waals surface area contributed by atoms with Crippen molar-refractivity contribution in [2.24, 2.45) is 0 Å². The Hall–Kier alpha value is -2.05.